The van der Waals surface area contributed by atoms with Crippen molar-refractivity contribution in [1.82, 2.24) is 0 Å². The van der Waals surface area contributed by atoms with Gasteiger partial charge in [-0.25, -0.2) is 0 Å². The smallest absolute Gasteiger partial charge is 1.00 e. The topological polar surface area (TPSA) is 26.3 Å². The number of hydrogen-bond acceptors (Lipinski definition) is 2. The summed E-state index contributed by atoms with van der Waals surface area (Å²) in [4.78, 5) is 10.6. The summed E-state index contributed by atoms with van der Waals surface area (Å²) in [6.45, 7) is 1.40. The zero-order valence-corrected chi connectivity index (χ0v) is 12.0. The Morgan fingerprint density at radius 2 is 1.92 bits per heavy atom. The monoisotopic (exact) mass is 292 g/mol. The van der Waals surface area contributed by atoms with E-state index in [0.717, 1.165) is 5.02 Å². The van der Waals surface area contributed by atoms with Crippen molar-refractivity contribution >= 4 is 5.97 Å². The fraction of sp³-hybridized carbons (Fsp3) is 0.222. The molecule has 0 amide bonds. The Morgan fingerprint density at radius 3 is 2.31 bits per heavy atom. The SMILES string of the molecule is CC(=O)Oc1ccc([CH2][Zn+])cc1.[Br-]. The Hall–Kier alpha value is -0.207. The van der Waals surface area contributed by atoms with Gasteiger partial charge in [0.15, 0.2) is 0 Å². The number of benzene rings is 1. The van der Waals surface area contributed by atoms with Crippen molar-refractivity contribution in [3.05, 3.63) is 29.8 Å². The Kier molecular flexibility index (Phi) is 6.18. The number of carbonyl (C=O) groups excluding carboxylic acids is 1. The maximum Gasteiger partial charge on any atom is -1.00 e. The quantitative estimate of drug-likeness (QED) is 0.384. The molecular weight excluding hydrogens is 285 g/mol. The van der Waals surface area contributed by atoms with Crippen molar-refractivity contribution in [3.8, 4) is 5.75 Å². The molecule has 0 aliphatic heterocycles. The van der Waals surface area contributed by atoms with Crippen molar-refractivity contribution < 1.29 is 44.8 Å². The standard InChI is InChI=1S/C9H9O2.BrH.Zn/c1-7-3-5-9(6-4-7)11-8(2)10;;/h3-6H,1H2,2H3;1H;/q;;+1/p-1. The molecule has 0 atom stereocenters. The molecule has 0 aromatic heterocycles. The van der Waals surface area contributed by atoms with Crippen LogP contribution in [-0.2, 0) is 28.1 Å². The van der Waals surface area contributed by atoms with Crippen molar-refractivity contribution in [2.24, 2.45) is 0 Å². The number of rotatable bonds is 2. The van der Waals surface area contributed by atoms with Crippen molar-refractivity contribution in [1.29, 1.82) is 0 Å². The summed E-state index contributed by atoms with van der Waals surface area (Å²) >= 11 is 1.26. The first-order valence-electron chi connectivity index (χ1n) is 3.79. The Bertz CT molecular complexity index is 271. The van der Waals surface area contributed by atoms with Crippen LogP contribution in [0.5, 0.6) is 5.75 Å². The Balaban J connectivity index is 0.00000144. The molecule has 1 aromatic rings. The molecule has 4 heteroatoms. The van der Waals surface area contributed by atoms with Crippen LogP contribution in [0.1, 0.15) is 12.5 Å². The predicted octanol–water partition coefficient (Wildman–Crippen LogP) is -1.34. The molecular formula is C9H9BrO2Zn. The summed E-state index contributed by atoms with van der Waals surface area (Å²) in [5.41, 5.74) is 1.30. The molecule has 0 bridgehead atoms. The Labute approximate surface area is 98.1 Å². The van der Waals surface area contributed by atoms with Crippen LogP contribution in [0.4, 0.5) is 0 Å². The van der Waals surface area contributed by atoms with Gasteiger partial charge in [0, 0.05) is 0 Å². The van der Waals surface area contributed by atoms with Crippen molar-refractivity contribution in [2.75, 3.05) is 0 Å². The largest absolute Gasteiger partial charge is 1.00 e. The number of halogens is 1. The van der Waals surface area contributed by atoms with Gasteiger partial charge in [0.05, 0.1) is 0 Å². The second kappa shape index (κ2) is 6.28. The van der Waals surface area contributed by atoms with Crippen LogP contribution in [0.3, 0.4) is 0 Å². The molecule has 66 valence electrons. The van der Waals surface area contributed by atoms with Crippen LogP contribution >= 0.6 is 0 Å². The summed E-state index contributed by atoms with van der Waals surface area (Å²) < 4.78 is 4.88. The van der Waals surface area contributed by atoms with Gasteiger partial charge in [0.25, 0.3) is 0 Å². The second-order valence-corrected chi connectivity index (χ2v) is 3.54. The average Bonchev–Trinajstić information content (AvgIpc) is 2.05. The van der Waals surface area contributed by atoms with Gasteiger partial charge >= 0.3 is 81.3 Å². The zero-order valence-electron chi connectivity index (χ0n) is 7.42. The van der Waals surface area contributed by atoms with E-state index in [1.807, 2.05) is 24.3 Å². The van der Waals surface area contributed by atoms with E-state index in [9.17, 15) is 4.79 Å². The first-order chi connectivity index (χ1) is 5.72. The summed E-state index contributed by atoms with van der Waals surface area (Å²) in [6, 6.07) is 7.63. The van der Waals surface area contributed by atoms with Gasteiger partial charge in [-0.1, -0.05) is 0 Å². The van der Waals surface area contributed by atoms with Crippen molar-refractivity contribution in [3.63, 3.8) is 0 Å². The number of carbonyl (C=O) groups is 1. The molecule has 0 N–H and O–H groups in total. The molecule has 13 heavy (non-hydrogen) atoms. The van der Waals surface area contributed by atoms with Crippen LogP contribution in [0.25, 0.3) is 0 Å². The summed E-state index contributed by atoms with van der Waals surface area (Å²) in [5, 5.41) is 1.13. The molecule has 0 saturated heterocycles. The van der Waals surface area contributed by atoms with Gasteiger partial charge < -0.3 is 17.0 Å². The van der Waals surface area contributed by atoms with E-state index in [2.05, 4.69) is 0 Å². The molecule has 0 spiro atoms. The van der Waals surface area contributed by atoms with Crippen LogP contribution in [0.15, 0.2) is 24.3 Å². The maximum atomic E-state index is 10.6. The first kappa shape index (κ1) is 12.8. The van der Waals surface area contributed by atoms with Gasteiger partial charge in [0.2, 0.25) is 0 Å². The van der Waals surface area contributed by atoms with E-state index in [0.29, 0.717) is 5.75 Å². The van der Waals surface area contributed by atoms with E-state index in [-0.39, 0.29) is 23.0 Å². The van der Waals surface area contributed by atoms with Crippen LogP contribution in [-0.4, -0.2) is 5.97 Å². The third-order valence-electron chi connectivity index (χ3n) is 1.47. The minimum absolute atomic E-state index is 0. The van der Waals surface area contributed by atoms with Gasteiger partial charge in [-0.3, -0.25) is 0 Å². The average molecular weight is 294 g/mol. The van der Waals surface area contributed by atoms with E-state index in [1.54, 1.807) is 0 Å². The summed E-state index contributed by atoms with van der Waals surface area (Å²) in [7, 11) is 0. The second-order valence-electron chi connectivity index (χ2n) is 2.49. The minimum atomic E-state index is -0.271. The summed E-state index contributed by atoms with van der Waals surface area (Å²) in [5.74, 6) is 0.354. The van der Waals surface area contributed by atoms with E-state index in [1.165, 1.54) is 30.8 Å². The number of ether oxygens (including phenoxy) is 1. The molecule has 0 unspecified atom stereocenters. The molecule has 0 aliphatic carbocycles. The third kappa shape index (κ3) is 4.53. The first-order valence-corrected chi connectivity index (χ1v) is 5.89. The summed E-state index contributed by atoms with van der Waals surface area (Å²) in [6.07, 6.45) is 0. The molecule has 0 aliphatic rings. The van der Waals surface area contributed by atoms with Gasteiger partial charge in [-0.2, -0.15) is 0 Å². The van der Waals surface area contributed by atoms with E-state index >= 15 is 0 Å². The predicted molar refractivity (Wildman–Crippen MR) is 41.5 cm³/mol. The van der Waals surface area contributed by atoms with Crippen LogP contribution in [0.2, 0.25) is 0 Å². The Morgan fingerprint density at radius 1 is 1.38 bits per heavy atom. The van der Waals surface area contributed by atoms with Gasteiger partial charge in [-0.05, 0) is 0 Å². The van der Waals surface area contributed by atoms with Crippen LogP contribution in [0, 0.1) is 0 Å². The molecule has 0 radical (unpaired) electrons. The molecule has 1 rings (SSSR count). The normalized spacial score (nSPS) is 8.85. The third-order valence-corrected chi connectivity index (χ3v) is 2.68. The van der Waals surface area contributed by atoms with Crippen LogP contribution < -0.4 is 21.7 Å². The molecule has 0 heterocycles. The fourth-order valence-corrected chi connectivity index (χ4v) is 1.59. The van der Waals surface area contributed by atoms with E-state index < -0.39 is 0 Å². The van der Waals surface area contributed by atoms with E-state index in [4.69, 9.17) is 4.74 Å². The maximum absolute atomic E-state index is 10.6. The fourth-order valence-electron chi connectivity index (χ4n) is 0.890. The number of hydrogen-bond donors (Lipinski definition) is 0. The van der Waals surface area contributed by atoms with Gasteiger partial charge in [0.1, 0.15) is 0 Å². The molecule has 0 saturated carbocycles. The van der Waals surface area contributed by atoms with Gasteiger partial charge in [-0.15, -0.1) is 0 Å². The minimum Gasteiger partial charge on any atom is -1.00 e. The molecule has 0 fully saturated rings. The van der Waals surface area contributed by atoms with Crippen molar-refractivity contribution in [2.45, 2.75) is 11.9 Å². The zero-order chi connectivity index (χ0) is 8.97. The number of esters is 1. The molecule has 1 aromatic carbocycles. The molecule has 2 nitrogen and oxygen atoms in total.